The average molecular weight is 358 g/mol. The van der Waals surface area contributed by atoms with Crippen LogP contribution in [0.5, 0.6) is 0 Å². The van der Waals surface area contributed by atoms with Crippen molar-refractivity contribution in [3.05, 3.63) is 47.7 Å². The number of pyridine rings is 1. The first-order valence-corrected chi connectivity index (χ1v) is 9.52. The Morgan fingerprint density at radius 1 is 1.24 bits per heavy atom. The van der Waals surface area contributed by atoms with Crippen LogP contribution in [0.15, 0.2) is 41.3 Å². The molecule has 1 atom stereocenters. The van der Waals surface area contributed by atoms with E-state index in [1.165, 1.54) is 12.5 Å². The molecule has 3 rings (SSSR count). The van der Waals surface area contributed by atoms with Gasteiger partial charge in [-0.05, 0) is 48.7 Å². The minimum Gasteiger partial charge on any atom is -0.370 e. The van der Waals surface area contributed by atoms with Crippen molar-refractivity contribution in [3.63, 3.8) is 0 Å². The molecule has 0 bridgehead atoms. The molecule has 2 heterocycles. The Balaban J connectivity index is 1.51. The molecule has 6 nitrogen and oxygen atoms in total. The monoisotopic (exact) mass is 358 g/mol. The normalized spacial score (nSPS) is 14.3. The van der Waals surface area contributed by atoms with Gasteiger partial charge in [-0.15, -0.1) is 0 Å². The predicted octanol–water partition coefficient (Wildman–Crippen LogP) is 2.25. The lowest BCUT2D eigenvalue weighted by Crippen LogP contribution is -2.21. The van der Waals surface area contributed by atoms with Crippen LogP contribution in [0.25, 0.3) is 0 Å². The van der Waals surface area contributed by atoms with Gasteiger partial charge in [0.2, 0.25) is 5.91 Å². The highest BCUT2D eigenvalue weighted by molar-refractivity contribution is 7.83. The lowest BCUT2D eigenvalue weighted by Gasteiger charge is -2.17. The molecule has 0 spiro atoms. The number of anilines is 2. The van der Waals surface area contributed by atoms with E-state index in [2.05, 4.69) is 26.4 Å². The van der Waals surface area contributed by atoms with Crippen molar-refractivity contribution in [3.8, 4) is 0 Å². The molecule has 25 heavy (non-hydrogen) atoms. The maximum Gasteiger partial charge on any atom is 0.221 e. The number of fused-ring (bicyclic) bond motifs is 1. The third-order valence-corrected chi connectivity index (χ3v) is 5.12. The van der Waals surface area contributed by atoms with Gasteiger partial charge in [-0.3, -0.25) is 4.79 Å². The van der Waals surface area contributed by atoms with Crippen LogP contribution >= 0.6 is 0 Å². The maximum absolute atomic E-state index is 12.3. The summed E-state index contributed by atoms with van der Waals surface area (Å²) in [5.41, 5.74) is 2.95. The van der Waals surface area contributed by atoms with Gasteiger partial charge in [0.05, 0.1) is 4.90 Å². The Morgan fingerprint density at radius 3 is 2.80 bits per heavy atom. The van der Waals surface area contributed by atoms with Crippen LogP contribution < -0.4 is 15.4 Å². The van der Waals surface area contributed by atoms with Gasteiger partial charge >= 0.3 is 0 Å². The Kier molecular flexibility index (Phi) is 5.78. The van der Waals surface area contributed by atoms with Crippen LogP contribution in [0.4, 0.5) is 11.5 Å². The van der Waals surface area contributed by atoms with E-state index in [1.54, 1.807) is 24.3 Å². The van der Waals surface area contributed by atoms with Crippen LogP contribution in [0, 0.1) is 0 Å². The summed E-state index contributed by atoms with van der Waals surface area (Å²) in [7, 11) is -1.29. The molecule has 1 aliphatic rings. The van der Waals surface area contributed by atoms with Crippen molar-refractivity contribution < 1.29 is 9.00 Å². The van der Waals surface area contributed by atoms with Gasteiger partial charge in [0.1, 0.15) is 16.8 Å². The third-order valence-electron chi connectivity index (χ3n) is 3.95. The van der Waals surface area contributed by atoms with E-state index in [9.17, 15) is 9.00 Å². The molecule has 1 aromatic heterocycles. The highest BCUT2D eigenvalue weighted by atomic mass is 32.2. The zero-order valence-corrected chi connectivity index (χ0v) is 15.0. The summed E-state index contributed by atoms with van der Waals surface area (Å²) in [5, 5.41) is 6.01. The van der Waals surface area contributed by atoms with Crippen molar-refractivity contribution in [1.29, 1.82) is 0 Å². The van der Waals surface area contributed by atoms with Crippen molar-refractivity contribution in [2.75, 3.05) is 23.7 Å². The number of carbonyl (C=O) groups is 1. The fourth-order valence-corrected chi connectivity index (χ4v) is 3.57. The number of aryl methyl sites for hydroxylation is 1. The summed E-state index contributed by atoms with van der Waals surface area (Å²) < 4.78 is 15.3. The van der Waals surface area contributed by atoms with E-state index in [0.29, 0.717) is 23.5 Å². The van der Waals surface area contributed by atoms with Crippen LogP contribution in [-0.2, 0) is 28.6 Å². The van der Waals surface area contributed by atoms with E-state index in [0.717, 1.165) is 30.9 Å². The fraction of sp³-hybridized carbons (Fsp3) is 0.333. The number of aromatic nitrogens is 1. The van der Waals surface area contributed by atoms with E-state index < -0.39 is 11.0 Å². The van der Waals surface area contributed by atoms with E-state index in [1.807, 2.05) is 6.07 Å². The molecular formula is C18H22N4O2S. The minimum absolute atomic E-state index is 0.126. The van der Waals surface area contributed by atoms with Crippen LogP contribution in [0.1, 0.15) is 24.6 Å². The largest absolute Gasteiger partial charge is 0.370 e. The Hall–Kier alpha value is -2.25. The highest BCUT2D eigenvalue weighted by Crippen LogP contribution is 2.19. The van der Waals surface area contributed by atoms with E-state index in [-0.39, 0.29) is 5.91 Å². The molecule has 0 fully saturated rings. The predicted molar refractivity (Wildman–Crippen MR) is 99.9 cm³/mol. The summed E-state index contributed by atoms with van der Waals surface area (Å²) >= 11 is 0. The number of hydrogen-bond acceptors (Lipinski definition) is 4. The van der Waals surface area contributed by atoms with Gasteiger partial charge in [-0.2, -0.15) is 0 Å². The summed E-state index contributed by atoms with van der Waals surface area (Å²) in [6.45, 7) is 3.00. The molecule has 1 aromatic carbocycles. The molecular weight excluding hydrogens is 336 g/mol. The molecule has 0 saturated carbocycles. The number of amides is 1. The summed E-state index contributed by atoms with van der Waals surface area (Å²) in [4.78, 5) is 16.3. The Labute approximate surface area is 150 Å². The van der Waals surface area contributed by atoms with Gasteiger partial charge in [-0.1, -0.05) is 6.07 Å². The van der Waals surface area contributed by atoms with E-state index >= 15 is 0 Å². The first-order valence-electron chi connectivity index (χ1n) is 8.37. The zero-order valence-electron chi connectivity index (χ0n) is 14.2. The Bertz CT molecular complexity index is 777. The first kappa shape index (κ1) is 17.6. The molecule has 1 aliphatic heterocycles. The molecule has 1 amide bonds. The molecule has 2 aromatic rings. The number of nitrogens with zero attached hydrogens (tertiary/aromatic N) is 1. The number of carbonyl (C=O) groups excluding carboxylic acids is 1. The van der Waals surface area contributed by atoms with Gasteiger partial charge in [-0.25, -0.2) is 13.9 Å². The van der Waals surface area contributed by atoms with Gasteiger partial charge in [0.15, 0.2) is 0 Å². The van der Waals surface area contributed by atoms with E-state index in [4.69, 9.17) is 0 Å². The maximum atomic E-state index is 12.3. The smallest absolute Gasteiger partial charge is 0.221 e. The molecule has 7 heteroatoms. The molecule has 0 aliphatic carbocycles. The first-order chi connectivity index (χ1) is 12.1. The molecule has 132 valence electrons. The van der Waals surface area contributed by atoms with Crippen LogP contribution in [0.3, 0.4) is 0 Å². The topological polar surface area (TPSA) is 83.1 Å². The zero-order chi connectivity index (χ0) is 17.6. The molecule has 0 radical (unpaired) electrons. The number of benzene rings is 1. The average Bonchev–Trinajstić information content (AvgIpc) is 2.61. The number of rotatable bonds is 6. The van der Waals surface area contributed by atoms with Gasteiger partial charge in [0, 0.05) is 37.8 Å². The fourth-order valence-electron chi connectivity index (χ4n) is 2.73. The SMILES string of the molecule is CC(=O)Nc1ccc(S(=O)NCCc2ccc3c(n2)NCCC3)cc1. The minimum atomic E-state index is -1.29. The standard InChI is InChI=1S/C18H22N4O2S/c1-13(23)21-15-6-8-17(9-7-15)25(24)20-12-10-16-5-4-14-3-2-11-19-18(14)22-16/h4-9,20H,2-3,10-12H2,1H3,(H,19,22)(H,21,23). The molecule has 1 unspecified atom stereocenters. The summed E-state index contributed by atoms with van der Waals surface area (Å²) in [5.74, 6) is 0.859. The molecule has 3 N–H and O–H groups in total. The highest BCUT2D eigenvalue weighted by Gasteiger charge is 2.10. The van der Waals surface area contributed by atoms with Crippen molar-refractivity contribution >= 4 is 28.4 Å². The second kappa shape index (κ2) is 8.22. The van der Waals surface area contributed by atoms with Crippen molar-refractivity contribution in [2.24, 2.45) is 0 Å². The van der Waals surface area contributed by atoms with Crippen LogP contribution in [0.2, 0.25) is 0 Å². The molecule has 0 saturated heterocycles. The quantitative estimate of drug-likeness (QED) is 0.740. The third kappa shape index (κ3) is 4.87. The van der Waals surface area contributed by atoms with Gasteiger partial charge < -0.3 is 10.6 Å². The van der Waals surface area contributed by atoms with Crippen molar-refractivity contribution in [2.45, 2.75) is 31.1 Å². The lowest BCUT2D eigenvalue weighted by atomic mass is 10.1. The summed E-state index contributed by atoms with van der Waals surface area (Å²) in [6, 6.07) is 11.1. The summed E-state index contributed by atoms with van der Waals surface area (Å²) in [6.07, 6.45) is 2.94. The second-order valence-corrected chi connectivity index (χ2v) is 7.26. The second-order valence-electron chi connectivity index (χ2n) is 5.96. The van der Waals surface area contributed by atoms with Crippen molar-refractivity contribution in [1.82, 2.24) is 9.71 Å². The van der Waals surface area contributed by atoms with Crippen LogP contribution in [-0.4, -0.2) is 28.2 Å². The van der Waals surface area contributed by atoms with Gasteiger partial charge in [0.25, 0.3) is 0 Å². The number of nitrogens with one attached hydrogen (secondary N) is 3. The Morgan fingerprint density at radius 2 is 2.04 bits per heavy atom. The number of hydrogen-bond donors (Lipinski definition) is 3. The lowest BCUT2D eigenvalue weighted by molar-refractivity contribution is -0.114.